The monoisotopic (exact) mass is 537 g/mol. The number of sulfonamides is 1. The van der Waals surface area contributed by atoms with Gasteiger partial charge in [0.25, 0.3) is 0 Å². The van der Waals surface area contributed by atoms with Crippen LogP contribution in [-0.4, -0.2) is 85.6 Å². The van der Waals surface area contributed by atoms with Crippen molar-refractivity contribution in [3.63, 3.8) is 0 Å². The number of hydrogen-bond donors (Lipinski definition) is 3. The molecule has 0 saturated carbocycles. The SMILES string of the molecule is Cc1noc(C)c1NC(=O)N(C)C[C@@H]1Oc2ccc(NS(C)(=O)=O)cc2CC(=O)N([C@@H](C)CO)C[C@@H]1C. The summed E-state index contributed by atoms with van der Waals surface area (Å²) in [7, 11) is -1.89. The molecule has 37 heavy (non-hydrogen) atoms. The van der Waals surface area contributed by atoms with Gasteiger partial charge in [-0.15, -0.1) is 0 Å². The Bertz CT molecular complexity index is 1230. The van der Waals surface area contributed by atoms with Crippen molar-refractivity contribution in [1.29, 1.82) is 0 Å². The molecule has 3 N–H and O–H groups in total. The number of fused-ring (bicyclic) bond motifs is 1. The Labute approximate surface area is 217 Å². The molecular weight excluding hydrogens is 502 g/mol. The summed E-state index contributed by atoms with van der Waals surface area (Å²) in [6.45, 7) is 7.38. The van der Waals surface area contributed by atoms with Crippen LogP contribution < -0.4 is 14.8 Å². The lowest BCUT2D eigenvalue weighted by Gasteiger charge is -2.34. The number of likely N-dealkylation sites (N-methyl/N-ethyl adjacent to an activating group) is 1. The normalized spacial score (nSPS) is 19.1. The molecule has 1 aliphatic rings. The number of carbonyl (C=O) groups excluding carboxylic acids is 2. The van der Waals surface area contributed by atoms with Crippen LogP contribution in [0.2, 0.25) is 0 Å². The third kappa shape index (κ3) is 7.13. The molecule has 3 atom stereocenters. The zero-order valence-electron chi connectivity index (χ0n) is 21.9. The summed E-state index contributed by atoms with van der Waals surface area (Å²) in [6.07, 6.45) is 0.482. The van der Waals surface area contributed by atoms with Crippen LogP contribution >= 0.6 is 0 Å². The minimum Gasteiger partial charge on any atom is -0.488 e. The molecule has 3 rings (SSSR count). The molecular formula is C24H35N5O7S. The van der Waals surface area contributed by atoms with Crippen molar-refractivity contribution in [3.8, 4) is 5.75 Å². The van der Waals surface area contributed by atoms with Crippen molar-refractivity contribution in [3.05, 3.63) is 35.2 Å². The van der Waals surface area contributed by atoms with Gasteiger partial charge in [0.05, 0.1) is 31.9 Å². The Hall–Kier alpha value is -3.32. The Morgan fingerprint density at radius 1 is 1.35 bits per heavy atom. The first-order valence-corrected chi connectivity index (χ1v) is 13.8. The van der Waals surface area contributed by atoms with Crippen molar-refractivity contribution < 1.29 is 32.4 Å². The van der Waals surface area contributed by atoms with E-state index in [1.807, 2.05) is 6.92 Å². The summed E-state index contributed by atoms with van der Waals surface area (Å²) >= 11 is 0. The fourth-order valence-corrected chi connectivity index (χ4v) is 4.70. The maximum atomic E-state index is 13.2. The number of nitrogens with one attached hydrogen (secondary N) is 2. The van der Waals surface area contributed by atoms with Crippen molar-refractivity contribution in [1.82, 2.24) is 15.0 Å². The highest BCUT2D eigenvalue weighted by molar-refractivity contribution is 7.92. The fourth-order valence-electron chi connectivity index (χ4n) is 4.14. The molecule has 1 aliphatic heterocycles. The van der Waals surface area contributed by atoms with Gasteiger partial charge in [0.2, 0.25) is 15.9 Å². The van der Waals surface area contributed by atoms with Gasteiger partial charge in [-0.2, -0.15) is 0 Å². The molecule has 1 aromatic carbocycles. The van der Waals surface area contributed by atoms with E-state index in [9.17, 15) is 23.1 Å². The summed E-state index contributed by atoms with van der Waals surface area (Å²) in [5.74, 6) is 0.472. The van der Waals surface area contributed by atoms with Crippen LogP contribution in [0.15, 0.2) is 22.7 Å². The Balaban J connectivity index is 1.91. The average Bonchev–Trinajstić information content (AvgIpc) is 3.14. The summed E-state index contributed by atoms with van der Waals surface area (Å²) in [5.41, 5.74) is 1.87. The number of aryl methyl sites for hydroxylation is 2. The molecule has 0 radical (unpaired) electrons. The van der Waals surface area contributed by atoms with E-state index in [1.54, 1.807) is 50.9 Å². The van der Waals surface area contributed by atoms with E-state index in [-0.39, 0.29) is 37.4 Å². The first-order valence-electron chi connectivity index (χ1n) is 11.9. The van der Waals surface area contributed by atoms with E-state index in [1.165, 1.54) is 4.90 Å². The highest BCUT2D eigenvalue weighted by Crippen LogP contribution is 2.29. The average molecular weight is 538 g/mol. The summed E-state index contributed by atoms with van der Waals surface area (Å²) in [4.78, 5) is 29.2. The van der Waals surface area contributed by atoms with Crippen molar-refractivity contribution in [2.24, 2.45) is 5.92 Å². The number of amides is 3. The molecule has 2 aromatic rings. The first kappa shape index (κ1) is 28.3. The van der Waals surface area contributed by atoms with Crippen molar-refractivity contribution in [2.75, 3.05) is 43.0 Å². The smallest absolute Gasteiger partial charge is 0.321 e. The van der Waals surface area contributed by atoms with Gasteiger partial charge < -0.3 is 29.5 Å². The standard InChI is InChI=1S/C24H35N5O7S/c1-14-11-29(15(2)13-30)22(31)10-18-9-19(27-37(6,33)34)7-8-20(18)35-21(14)12-28(5)24(32)25-23-16(3)26-36-17(23)4/h7-9,14-15,21,27,30H,10-13H2,1-6H3,(H,25,32)/t14-,15-,21-/m0/s1. The molecule has 0 aliphatic carbocycles. The fraction of sp³-hybridized carbons (Fsp3) is 0.542. The second kappa shape index (κ2) is 11.4. The van der Waals surface area contributed by atoms with Gasteiger partial charge in [-0.05, 0) is 39.0 Å². The molecule has 0 spiro atoms. The van der Waals surface area contributed by atoms with Gasteiger partial charge in [-0.25, -0.2) is 13.2 Å². The number of anilines is 2. The van der Waals surface area contributed by atoms with Crippen LogP contribution in [0.25, 0.3) is 0 Å². The second-order valence-electron chi connectivity index (χ2n) is 9.59. The number of aliphatic hydroxyl groups is 1. The predicted molar refractivity (Wildman–Crippen MR) is 138 cm³/mol. The molecule has 2 heterocycles. The number of benzene rings is 1. The van der Waals surface area contributed by atoms with Crippen molar-refractivity contribution >= 4 is 33.3 Å². The zero-order valence-corrected chi connectivity index (χ0v) is 22.8. The Morgan fingerprint density at radius 3 is 2.65 bits per heavy atom. The Kier molecular flexibility index (Phi) is 8.69. The van der Waals surface area contributed by atoms with Crippen LogP contribution in [0.1, 0.15) is 30.9 Å². The number of urea groups is 1. The highest BCUT2D eigenvalue weighted by Gasteiger charge is 2.32. The number of rotatable bonds is 7. The maximum absolute atomic E-state index is 13.2. The second-order valence-corrected chi connectivity index (χ2v) is 11.3. The van der Waals surface area contributed by atoms with E-state index in [0.717, 1.165) is 6.26 Å². The van der Waals surface area contributed by atoms with Crippen LogP contribution in [0.3, 0.4) is 0 Å². The van der Waals surface area contributed by atoms with Crippen LogP contribution in [0, 0.1) is 19.8 Å². The lowest BCUT2D eigenvalue weighted by atomic mass is 10.0. The van der Waals surface area contributed by atoms with Gasteiger partial charge in [-0.3, -0.25) is 9.52 Å². The van der Waals surface area contributed by atoms with E-state index in [4.69, 9.17) is 9.26 Å². The van der Waals surface area contributed by atoms with Gasteiger partial charge in [0.1, 0.15) is 23.2 Å². The highest BCUT2D eigenvalue weighted by atomic mass is 32.2. The van der Waals surface area contributed by atoms with E-state index in [0.29, 0.717) is 40.7 Å². The lowest BCUT2D eigenvalue weighted by Crippen LogP contribution is -2.48. The third-order valence-corrected chi connectivity index (χ3v) is 6.89. The van der Waals surface area contributed by atoms with Gasteiger partial charge in [-0.1, -0.05) is 12.1 Å². The molecule has 12 nitrogen and oxygen atoms in total. The lowest BCUT2D eigenvalue weighted by molar-refractivity contribution is -0.134. The van der Waals surface area contributed by atoms with Gasteiger partial charge in [0, 0.05) is 30.8 Å². The predicted octanol–water partition coefficient (Wildman–Crippen LogP) is 1.98. The first-order chi connectivity index (χ1) is 17.3. The minimum atomic E-state index is -3.52. The molecule has 13 heteroatoms. The molecule has 204 valence electrons. The largest absolute Gasteiger partial charge is 0.488 e. The van der Waals surface area contributed by atoms with E-state index in [2.05, 4.69) is 15.2 Å². The summed E-state index contributed by atoms with van der Waals surface area (Å²) < 4.78 is 37.3. The summed E-state index contributed by atoms with van der Waals surface area (Å²) in [6, 6.07) is 3.93. The van der Waals surface area contributed by atoms with Crippen LogP contribution in [0.5, 0.6) is 5.75 Å². The molecule has 1 aromatic heterocycles. The molecule has 0 unspecified atom stereocenters. The van der Waals surface area contributed by atoms with E-state index >= 15 is 0 Å². The van der Waals surface area contributed by atoms with Crippen LogP contribution in [0.4, 0.5) is 16.2 Å². The quantitative estimate of drug-likeness (QED) is 0.484. The van der Waals surface area contributed by atoms with E-state index < -0.39 is 22.2 Å². The zero-order chi connectivity index (χ0) is 27.5. The Morgan fingerprint density at radius 2 is 2.05 bits per heavy atom. The van der Waals surface area contributed by atoms with Crippen LogP contribution in [-0.2, 0) is 21.2 Å². The minimum absolute atomic E-state index is 0.0409. The number of aromatic nitrogens is 1. The maximum Gasteiger partial charge on any atom is 0.321 e. The number of aliphatic hydroxyl groups excluding tert-OH is 1. The number of nitrogens with zero attached hydrogens (tertiary/aromatic N) is 3. The molecule has 0 fully saturated rings. The van der Waals surface area contributed by atoms with Gasteiger partial charge in [0.15, 0.2) is 5.76 Å². The molecule has 3 amide bonds. The third-order valence-electron chi connectivity index (χ3n) is 6.29. The molecule has 0 bridgehead atoms. The number of ether oxygens (including phenoxy) is 1. The topological polar surface area (TPSA) is 154 Å². The number of carbonyl (C=O) groups is 2. The number of hydrogen-bond acceptors (Lipinski definition) is 8. The van der Waals surface area contributed by atoms with Crippen molar-refractivity contribution in [2.45, 2.75) is 46.3 Å². The summed E-state index contributed by atoms with van der Waals surface area (Å²) in [5, 5.41) is 16.4. The van der Waals surface area contributed by atoms with Gasteiger partial charge >= 0.3 is 6.03 Å². The molecule has 0 saturated heterocycles.